The summed E-state index contributed by atoms with van der Waals surface area (Å²) in [6.45, 7) is 4.58. The average Bonchev–Trinajstić information content (AvgIpc) is 2.43. The van der Waals surface area contributed by atoms with Crippen LogP contribution in [0.1, 0.15) is 40.5 Å². The van der Waals surface area contributed by atoms with Gasteiger partial charge in [-0.25, -0.2) is 0 Å². The molecule has 0 amide bonds. The molecule has 0 heterocycles. The quantitative estimate of drug-likeness (QED) is 0.517. The Bertz CT molecular complexity index is 49.1. The Morgan fingerprint density at radius 3 is 1.62 bits per heavy atom. The molecule has 0 nitrogen and oxygen atoms in total. The zero-order valence-corrected chi connectivity index (χ0v) is 5.28. The molecule has 2 atom stereocenters. The number of hydrogen-bond donors (Lipinski definition) is 0. The fourth-order valence-corrected chi connectivity index (χ4v) is 1.31. The Labute approximate surface area is 53.3 Å². The van der Waals surface area contributed by atoms with E-state index in [0.717, 1.165) is 11.8 Å². The van der Waals surface area contributed by atoms with Gasteiger partial charge in [-0.2, -0.15) is 0 Å². The standard InChI is InChI=1S/C7H14.CH4/c1-3-6-5-7(6)4-2;/h6-7H,3-5H2,1-2H3;1H4. The molecule has 0 saturated heterocycles. The van der Waals surface area contributed by atoms with E-state index in [2.05, 4.69) is 13.8 Å². The van der Waals surface area contributed by atoms with E-state index in [9.17, 15) is 0 Å². The number of hydrogen-bond acceptors (Lipinski definition) is 0. The van der Waals surface area contributed by atoms with Crippen molar-refractivity contribution in [2.75, 3.05) is 0 Å². The van der Waals surface area contributed by atoms with Crippen molar-refractivity contribution in [1.82, 2.24) is 0 Å². The molecule has 2 unspecified atom stereocenters. The molecule has 50 valence electrons. The molecule has 0 spiro atoms. The van der Waals surface area contributed by atoms with Crippen molar-refractivity contribution in [2.45, 2.75) is 40.5 Å². The van der Waals surface area contributed by atoms with Gasteiger partial charge in [0.15, 0.2) is 0 Å². The molecule has 0 bridgehead atoms. The van der Waals surface area contributed by atoms with Crippen LogP contribution >= 0.6 is 0 Å². The van der Waals surface area contributed by atoms with Crippen LogP contribution in [0.2, 0.25) is 0 Å². The summed E-state index contributed by atoms with van der Waals surface area (Å²) >= 11 is 0. The van der Waals surface area contributed by atoms with Gasteiger partial charge in [0.05, 0.1) is 0 Å². The highest BCUT2D eigenvalue weighted by atomic mass is 14.4. The first-order valence-corrected chi connectivity index (χ1v) is 3.38. The van der Waals surface area contributed by atoms with E-state index >= 15 is 0 Å². The molecule has 1 saturated carbocycles. The Hall–Kier alpha value is 0. The zero-order chi connectivity index (χ0) is 5.28. The minimum absolute atomic E-state index is 0. The topological polar surface area (TPSA) is 0 Å². The number of rotatable bonds is 2. The van der Waals surface area contributed by atoms with E-state index in [0.29, 0.717) is 0 Å². The van der Waals surface area contributed by atoms with E-state index in [1.807, 2.05) is 0 Å². The van der Waals surface area contributed by atoms with Crippen LogP contribution in [-0.2, 0) is 0 Å². The van der Waals surface area contributed by atoms with Gasteiger partial charge in [-0.3, -0.25) is 0 Å². The summed E-state index contributed by atoms with van der Waals surface area (Å²) < 4.78 is 0. The van der Waals surface area contributed by atoms with Crippen molar-refractivity contribution >= 4 is 0 Å². The third-order valence-corrected chi connectivity index (χ3v) is 2.12. The van der Waals surface area contributed by atoms with Gasteiger partial charge in [0.25, 0.3) is 0 Å². The smallest absolute Gasteiger partial charge is 0.0386 e. The first-order chi connectivity index (χ1) is 3.38. The van der Waals surface area contributed by atoms with E-state index in [4.69, 9.17) is 0 Å². The molecular formula is C8H18. The van der Waals surface area contributed by atoms with Gasteiger partial charge in [-0.15, -0.1) is 0 Å². The van der Waals surface area contributed by atoms with Crippen LogP contribution in [0.3, 0.4) is 0 Å². The molecule has 0 aromatic carbocycles. The highest BCUT2D eigenvalue weighted by Crippen LogP contribution is 2.42. The van der Waals surface area contributed by atoms with Crippen molar-refractivity contribution in [3.8, 4) is 0 Å². The predicted octanol–water partition coefficient (Wildman–Crippen LogP) is 3.08. The molecule has 0 aliphatic heterocycles. The van der Waals surface area contributed by atoms with Gasteiger partial charge in [0.1, 0.15) is 0 Å². The van der Waals surface area contributed by atoms with Crippen LogP contribution in [-0.4, -0.2) is 0 Å². The SMILES string of the molecule is C.CCC1CC1CC. The summed E-state index contributed by atoms with van der Waals surface area (Å²) in [4.78, 5) is 0. The van der Waals surface area contributed by atoms with Crippen LogP contribution in [0.15, 0.2) is 0 Å². The monoisotopic (exact) mass is 114 g/mol. The molecule has 0 heteroatoms. The highest BCUT2D eigenvalue weighted by Gasteiger charge is 2.32. The lowest BCUT2D eigenvalue weighted by Crippen LogP contribution is -1.74. The molecule has 0 N–H and O–H groups in total. The minimum atomic E-state index is 0. The van der Waals surface area contributed by atoms with Gasteiger partial charge in [-0.1, -0.05) is 34.1 Å². The van der Waals surface area contributed by atoms with Crippen molar-refractivity contribution in [1.29, 1.82) is 0 Å². The Balaban J connectivity index is 0.000000490. The van der Waals surface area contributed by atoms with Gasteiger partial charge in [0.2, 0.25) is 0 Å². The van der Waals surface area contributed by atoms with Gasteiger partial charge < -0.3 is 0 Å². The Morgan fingerprint density at radius 2 is 1.50 bits per heavy atom. The Kier molecular flexibility index (Phi) is 3.11. The second kappa shape index (κ2) is 3.11. The largest absolute Gasteiger partial charge is 0.0776 e. The van der Waals surface area contributed by atoms with Crippen LogP contribution in [0, 0.1) is 11.8 Å². The zero-order valence-electron chi connectivity index (χ0n) is 5.28. The maximum Gasteiger partial charge on any atom is -0.0386 e. The molecule has 0 radical (unpaired) electrons. The van der Waals surface area contributed by atoms with Gasteiger partial charge in [0, 0.05) is 0 Å². The lowest BCUT2D eigenvalue weighted by molar-refractivity contribution is 0.663. The molecule has 1 aliphatic rings. The summed E-state index contributed by atoms with van der Waals surface area (Å²) in [6.07, 6.45) is 4.35. The molecule has 1 rings (SSSR count). The third kappa shape index (κ3) is 1.50. The van der Waals surface area contributed by atoms with Crippen LogP contribution in [0.5, 0.6) is 0 Å². The van der Waals surface area contributed by atoms with E-state index in [1.54, 1.807) is 0 Å². The molecular weight excluding hydrogens is 96.1 g/mol. The second-order valence-corrected chi connectivity index (χ2v) is 2.57. The third-order valence-electron chi connectivity index (χ3n) is 2.12. The fraction of sp³-hybridized carbons (Fsp3) is 1.00. The normalized spacial score (nSPS) is 33.8. The molecule has 8 heavy (non-hydrogen) atoms. The second-order valence-electron chi connectivity index (χ2n) is 2.57. The van der Waals surface area contributed by atoms with Crippen molar-refractivity contribution in [3.05, 3.63) is 0 Å². The maximum absolute atomic E-state index is 2.29. The van der Waals surface area contributed by atoms with Gasteiger partial charge >= 0.3 is 0 Å². The molecule has 1 fully saturated rings. The molecule has 0 aromatic heterocycles. The lowest BCUT2D eigenvalue weighted by atomic mass is 10.2. The lowest BCUT2D eigenvalue weighted by Gasteiger charge is -1.85. The van der Waals surface area contributed by atoms with Crippen molar-refractivity contribution in [3.63, 3.8) is 0 Å². The first kappa shape index (κ1) is 8.00. The Morgan fingerprint density at radius 1 is 1.12 bits per heavy atom. The van der Waals surface area contributed by atoms with Crippen molar-refractivity contribution in [2.24, 2.45) is 11.8 Å². The van der Waals surface area contributed by atoms with E-state index in [-0.39, 0.29) is 7.43 Å². The summed E-state index contributed by atoms with van der Waals surface area (Å²) in [6, 6.07) is 0. The van der Waals surface area contributed by atoms with Crippen LogP contribution in [0.25, 0.3) is 0 Å². The summed E-state index contributed by atoms with van der Waals surface area (Å²) in [7, 11) is 0. The molecule has 1 aliphatic carbocycles. The maximum atomic E-state index is 2.29. The fourth-order valence-electron chi connectivity index (χ4n) is 1.31. The summed E-state index contributed by atoms with van der Waals surface area (Å²) in [5.74, 6) is 2.23. The van der Waals surface area contributed by atoms with Crippen molar-refractivity contribution < 1.29 is 0 Å². The first-order valence-electron chi connectivity index (χ1n) is 3.38. The molecule has 0 aromatic rings. The minimum Gasteiger partial charge on any atom is -0.0776 e. The summed E-state index contributed by atoms with van der Waals surface area (Å²) in [5.41, 5.74) is 0. The van der Waals surface area contributed by atoms with Crippen LogP contribution in [0.4, 0.5) is 0 Å². The predicted molar refractivity (Wildman–Crippen MR) is 38.9 cm³/mol. The van der Waals surface area contributed by atoms with Gasteiger partial charge in [-0.05, 0) is 18.3 Å². The van der Waals surface area contributed by atoms with Crippen LogP contribution < -0.4 is 0 Å². The highest BCUT2D eigenvalue weighted by molar-refractivity contribution is 4.83. The average molecular weight is 114 g/mol. The van der Waals surface area contributed by atoms with E-state index in [1.165, 1.54) is 19.3 Å². The van der Waals surface area contributed by atoms with E-state index < -0.39 is 0 Å². The summed E-state index contributed by atoms with van der Waals surface area (Å²) in [5, 5.41) is 0.